The number of piperidine rings is 1. The number of esters is 1. The van der Waals surface area contributed by atoms with Gasteiger partial charge in [0.05, 0.1) is 10.3 Å². The fourth-order valence-electron chi connectivity index (χ4n) is 4.78. The van der Waals surface area contributed by atoms with Crippen molar-refractivity contribution in [3.05, 3.63) is 29.8 Å². The Bertz CT molecular complexity index is 949. The van der Waals surface area contributed by atoms with Crippen LogP contribution in [0.3, 0.4) is 0 Å². The van der Waals surface area contributed by atoms with Crippen LogP contribution in [0.15, 0.2) is 29.2 Å². The van der Waals surface area contributed by atoms with Gasteiger partial charge in [0.25, 0.3) is 12.4 Å². The van der Waals surface area contributed by atoms with Gasteiger partial charge in [0.2, 0.25) is 0 Å². The molecule has 0 aromatic heterocycles. The summed E-state index contributed by atoms with van der Waals surface area (Å²) in [5, 5.41) is 6.89. The topological polar surface area (TPSA) is 121 Å². The second-order valence-corrected chi connectivity index (χ2v) is 10.7. The van der Waals surface area contributed by atoms with Crippen LogP contribution < -0.4 is 0 Å². The second kappa shape index (κ2) is 9.99. The van der Waals surface area contributed by atoms with Gasteiger partial charge < -0.3 is 14.7 Å². The molecular weight excluding hydrogens is 436 g/mol. The van der Waals surface area contributed by atoms with Crippen LogP contribution >= 0.6 is 0 Å². The van der Waals surface area contributed by atoms with E-state index in [2.05, 4.69) is 4.90 Å². The van der Waals surface area contributed by atoms with Crippen LogP contribution in [0.2, 0.25) is 0 Å². The van der Waals surface area contributed by atoms with Crippen LogP contribution in [-0.4, -0.2) is 86.8 Å². The summed E-state index contributed by atoms with van der Waals surface area (Å²) in [5.41, 5.74) is -0.111. The molecule has 9 nitrogen and oxygen atoms in total. The summed E-state index contributed by atoms with van der Waals surface area (Å²) in [6.45, 7) is 3.68. The molecule has 1 unspecified atom stereocenters. The molecule has 1 N–H and O–H groups in total. The predicted molar refractivity (Wildman–Crippen MR) is 116 cm³/mol. The lowest BCUT2D eigenvalue weighted by Gasteiger charge is -2.36. The van der Waals surface area contributed by atoms with Gasteiger partial charge in [0.15, 0.2) is 9.84 Å². The zero-order valence-corrected chi connectivity index (χ0v) is 19.1. The maximum atomic E-state index is 12.9. The van der Waals surface area contributed by atoms with Gasteiger partial charge in [-0.15, -0.1) is 0 Å². The molecule has 0 radical (unpaired) electrons. The van der Waals surface area contributed by atoms with Gasteiger partial charge in [-0.2, -0.15) is 0 Å². The summed E-state index contributed by atoms with van der Waals surface area (Å²) in [6, 6.07) is 6.15. The lowest BCUT2D eigenvalue weighted by molar-refractivity contribution is -0.151. The quantitative estimate of drug-likeness (QED) is 0.522. The van der Waals surface area contributed by atoms with E-state index < -0.39 is 15.3 Å². The van der Waals surface area contributed by atoms with Gasteiger partial charge in [-0.1, -0.05) is 6.07 Å². The summed E-state index contributed by atoms with van der Waals surface area (Å²) in [5.74, 6) is -0.307. The van der Waals surface area contributed by atoms with Crippen molar-refractivity contribution in [2.45, 2.75) is 43.1 Å². The Kier molecular flexibility index (Phi) is 7.55. The average molecular weight is 467 g/mol. The van der Waals surface area contributed by atoms with Crippen molar-refractivity contribution < 1.29 is 32.6 Å². The fourth-order valence-corrected chi connectivity index (χ4v) is 5.45. The van der Waals surface area contributed by atoms with Crippen molar-refractivity contribution in [3.8, 4) is 0 Å². The number of cyclic esters (lactones) is 1. The molecule has 1 atom stereocenters. The number of likely N-dealkylation sites (tertiary alicyclic amines) is 2. The standard InChI is InChI=1S/C21H28N2O5S.CH2O2/c1-29(26,27)18-6-4-5-16(13-18)19(24)23-11-7-21(8-12-23)14-17(28-20(21)25)15-22-9-2-3-10-22;2-1-3/h4-6,13,17H,2-3,7-12,14-15H2,1H3;1H,(H,2,3). The average Bonchev–Trinajstić information content (AvgIpc) is 3.36. The molecule has 3 fully saturated rings. The summed E-state index contributed by atoms with van der Waals surface area (Å²) in [7, 11) is -3.37. The van der Waals surface area contributed by atoms with Crippen LogP contribution in [-0.2, 0) is 24.2 Å². The number of ether oxygens (including phenoxy) is 1. The van der Waals surface area contributed by atoms with Crippen LogP contribution in [0.4, 0.5) is 0 Å². The molecule has 3 aliphatic heterocycles. The Labute approximate surface area is 188 Å². The number of rotatable bonds is 4. The number of carboxylic acid groups (broad SMARTS) is 1. The molecule has 3 aliphatic rings. The van der Waals surface area contributed by atoms with E-state index in [0.29, 0.717) is 31.5 Å². The van der Waals surface area contributed by atoms with Gasteiger partial charge in [0.1, 0.15) is 6.10 Å². The van der Waals surface area contributed by atoms with Gasteiger partial charge >= 0.3 is 5.97 Å². The van der Waals surface area contributed by atoms with E-state index in [0.717, 1.165) is 32.3 Å². The lowest BCUT2D eigenvalue weighted by Crippen LogP contribution is -2.45. The Morgan fingerprint density at radius 2 is 1.84 bits per heavy atom. The Balaban J connectivity index is 0.000000913. The maximum absolute atomic E-state index is 12.9. The molecule has 1 aromatic carbocycles. The molecule has 1 aromatic rings. The van der Waals surface area contributed by atoms with E-state index in [-0.39, 0.29) is 29.3 Å². The molecule has 4 rings (SSSR count). The number of hydrogen-bond donors (Lipinski definition) is 1. The molecule has 176 valence electrons. The molecular formula is C22H30N2O7S. The summed E-state index contributed by atoms with van der Waals surface area (Å²) in [6.07, 6.45) is 5.43. The van der Waals surface area contributed by atoms with Crippen molar-refractivity contribution in [3.63, 3.8) is 0 Å². The highest BCUT2D eigenvalue weighted by molar-refractivity contribution is 7.90. The smallest absolute Gasteiger partial charge is 0.312 e. The lowest BCUT2D eigenvalue weighted by atomic mass is 9.76. The molecule has 32 heavy (non-hydrogen) atoms. The summed E-state index contributed by atoms with van der Waals surface area (Å²) < 4.78 is 29.2. The number of nitrogens with zero attached hydrogens (tertiary/aromatic N) is 2. The Morgan fingerprint density at radius 1 is 1.22 bits per heavy atom. The van der Waals surface area contributed by atoms with Gasteiger partial charge in [-0.25, -0.2) is 8.42 Å². The third-order valence-electron chi connectivity index (χ3n) is 6.50. The number of amides is 1. The molecule has 3 heterocycles. The van der Waals surface area contributed by atoms with E-state index in [1.54, 1.807) is 17.0 Å². The highest BCUT2D eigenvalue weighted by Crippen LogP contribution is 2.43. The first kappa shape index (κ1) is 24.2. The number of benzene rings is 1. The third kappa shape index (κ3) is 5.47. The molecule has 3 saturated heterocycles. The predicted octanol–water partition coefficient (Wildman–Crippen LogP) is 1.42. The second-order valence-electron chi connectivity index (χ2n) is 8.72. The highest BCUT2D eigenvalue weighted by Gasteiger charge is 2.51. The normalized spacial score (nSPS) is 22.8. The molecule has 0 aliphatic carbocycles. The van der Waals surface area contributed by atoms with Crippen molar-refractivity contribution in [1.82, 2.24) is 9.80 Å². The molecule has 0 saturated carbocycles. The van der Waals surface area contributed by atoms with Crippen LogP contribution in [0.5, 0.6) is 0 Å². The first-order chi connectivity index (χ1) is 15.2. The molecule has 1 amide bonds. The first-order valence-corrected chi connectivity index (χ1v) is 12.7. The van der Waals surface area contributed by atoms with E-state index in [1.165, 1.54) is 25.0 Å². The summed E-state index contributed by atoms with van der Waals surface area (Å²) >= 11 is 0. The highest BCUT2D eigenvalue weighted by atomic mass is 32.2. The Morgan fingerprint density at radius 3 is 2.44 bits per heavy atom. The van der Waals surface area contributed by atoms with Gasteiger partial charge in [-0.05, 0) is 57.0 Å². The van der Waals surface area contributed by atoms with E-state index in [4.69, 9.17) is 14.6 Å². The van der Waals surface area contributed by atoms with Crippen LogP contribution in [0, 0.1) is 5.41 Å². The number of carbonyl (C=O) groups is 3. The minimum Gasteiger partial charge on any atom is -0.483 e. The minimum absolute atomic E-state index is 0.0470. The van der Waals surface area contributed by atoms with Crippen molar-refractivity contribution in [2.24, 2.45) is 5.41 Å². The number of carbonyl (C=O) groups excluding carboxylic acids is 2. The van der Waals surface area contributed by atoms with Gasteiger partial charge in [0, 0.05) is 37.9 Å². The molecule has 10 heteroatoms. The van der Waals surface area contributed by atoms with Crippen LogP contribution in [0.25, 0.3) is 0 Å². The van der Waals surface area contributed by atoms with E-state index >= 15 is 0 Å². The minimum atomic E-state index is -3.37. The number of hydrogen-bond acceptors (Lipinski definition) is 7. The number of sulfone groups is 1. The van der Waals surface area contributed by atoms with E-state index in [9.17, 15) is 18.0 Å². The molecule has 1 spiro atoms. The Hall–Kier alpha value is -2.46. The summed E-state index contributed by atoms with van der Waals surface area (Å²) in [4.78, 5) is 38.1. The maximum Gasteiger partial charge on any atom is 0.312 e. The van der Waals surface area contributed by atoms with Crippen molar-refractivity contribution >= 4 is 28.2 Å². The van der Waals surface area contributed by atoms with E-state index in [1.807, 2.05) is 0 Å². The monoisotopic (exact) mass is 466 g/mol. The van der Waals surface area contributed by atoms with Crippen molar-refractivity contribution in [2.75, 3.05) is 39.0 Å². The SMILES string of the molecule is CS(=O)(=O)c1cccc(C(=O)N2CCC3(CC2)CC(CN2CCCC2)OC3=O)c1.O=CO. The third-order valence-corrected chi connectivity index (χ3v) is 7.61. The zero-order chi connectivity index (χ0) is 23.4. The van der Waals surface area contributed by atoms with Crippen molar-refractivity contribution in [1.29, 1.82) is 0 Å². The fraction of sp³-hybridized carbons (Fsp3) is 0.591. The first-order valence-electron chi connectivity index (χ1n) is 10.8. The van der Waals surface area contributed by atoms with Crippen LogP contribution in [0.1, 0.15) is 42.5 Å². The molecule has 0 bridgehead atoms. The zero-order valence-electron chi connectivity index (χ0n) is 18.2. The largest absolute Gasteiger partial charge is 0.483 e. The van der Waals surface area contributed by atoms with Gasteiger partial charge in [-0.3, -0.25) is 19.3 Å².